The Morgan fingerprint density at radius 3 is 2.47 bits per heavy atom. The molecule has 0 spiro atoms. The number of hydrogen-bond acceptors (Lipinski definition) is 2. The molecule has 1 aliphatic rings. The monoisotopic (exact) mass is 240 g/mol. The van der Waals surface area contributed by atoms with Crippen LogP contribution in [-0.2, 0) is 0 Å². The maximum Gasteiger partial charge on any atom is 0.282 e. The van der Waals surface area contributed by atoms with Gasteiger partial charge >= 0.3 is 0 Å². The lowest BCUT2D eigenvalue weighted by Gasteiger charge is -2.38. The van der Waals surface area contributed by atoms with Crippen LogP contribution in [0, 0.1) is 0 Å². The number of hydrogen-bond donors (Lipinski definition) is 0. The maximum absolute atomic E-state index is 12.6. The van der Waals surface area contributed by atoms with Crippen LogP contribution in [0.3, 0.4) is 0 Å². The Morgan fingerprint density at radius 2 is 2.06 bits per heavy atom. The highest BCUT2D eigenvalue weighted by Gasteiger charge is 2.46. The molecule has 1 aromatic rings. The van der Waals surface area contributed by atoms with Gasteiger partial charge in [0.2, 0.25) is 0 Å². The van der Waals surface area contributed by atoms with Crippen LogP contribution in [0.5, 0.6) is 0 Å². The van der Waals surface area contributed by atoms with E-state index in [9.17, 15) is 13.6 Å². The molecule has 0 aromatic carbocycles. The Morgan fingerprint density at radius 1 is 1.41 bits per heavy atom. The van der Waals surface area contributed by atoms with Gasteiger partial charge in [-0.3, -0.25) is 9.78 Å². The molecule has 0 bridgehead atoms. The van der Waals surface area contributed by atoms with Crippen molar-refractivity contribution in [2.45, 2.75) is 25.7 Å². The van der Waals surface area contributed by atoms with Gasteiger partial charge in [-0.25, -0.2) is 8.78 Å². The molecule has 2 rings (SSSR count). The van der Waals surface area contributed by atoms with Crippen molar-refractivity contribution in [3.05, 3.63) is 29.6 Å². The molecule has 5 heteroatoms. The van der Waals surface area contributed by atoms with Gasteiger partial charge in [-0.2, -0.15) is 0 Å². The summed E-state index contributed by atoms with van der Waals surface area (Å²) < 4.78 is 25.2. The van der Waals surface area contributed by atoms with E-state index in [1.165, 1.54) is 0 Å². The lowest BCUT2D eigenvalue weighted by atomic mass is 10.1. The third kappa shape index (κ3) is 2.43. The van der Waals surface area contributed by atoms with Crippen molar-refractivity contribution < 1.29 is 13.6 Å². The van der Waals surface area contributed by atoms with Crippen LogP contribution < -0.4 is 0 Å². The smallest absolute Gasteiger partial charge is 0.282 e. The second-order valence-electron chi connectivity index (χ2n) is 4.65. The molecule has 1 fully saturated rings. The van der Waals surface area contributed by atoms with Gasteiger partial charge in [-0.15, -0.1) is 0 Å². The summed E-state index contributed by atoms with van der Waals surface area (Å²) in [5.74, 6) is -2.82. The van der Waals surface area contributed by atoms with Crippen molar-refractivity contribution >= 4 is 5.91 Å². The van der Waals surface area contributed by atoms with Crippen molar-refractivity contribution in [1.29, 1.82) is 0 Å². The van der Waals surface area contributed by atoms with Crippen molar-refractivity contribution in [2.75, 3.05) is 13.1 Å². The number of halogens is 2. The van der Waals surface area contributed by atoms with Crippen molar-refractivity contribution in [2.24, 2.45) is 0 Å². The lowest BCUT2D eigenvalue weighted by Crippen LogP contribution is -2.58. The Balaban J connectivity index is 2.06. The zero-order valence-electron chi connectivity index (χ0n) is 9.78. The first-order chi connectivity index (χ1) is 7.89. The Labute approximate surface area is 98.5 Å². The van der Waals surface area contributed by atoms with Crippen LogP contribution in [0.25, 0.3) is 0 Å². The van der Waals surface area contributed by atoms with Crippen molar-refractivity contribution in [3.8, 4) is 0 Å². The number of aromatic nitrogens is 1. The highest BCUT2D eigenvalue weighted by Crippen LogP contribution is 2.27. The first kappa shape index (κ1) is 12.0. The lowest BCUT2D eigenvalue weighted by molar-refractivity contribution is -0.113. The van der Waals surface area contributed by atoms with Crippen LogP contribution in [0.2, 0.25) is 0 Å². The van der Waals surface area contributed by atoms with Gasteiger partial charge < -0.3 is 4.90 Å². The summed E-state index contributed by atoms with van der Waals surface area (Å²) >= 11 is 0. The van der Waals surface area contributed by atoms with Gasteiger partial charge in [-0.1, -0.05) is 19.9 Å². The summed E-state index contributed by atoms with van der Waals surface area (Å²) in [6, 6.07) is 3.40. The average molecular weight is 240 g/mol. The molecule has 1 amide bonds. The molecule has 0 atom stereocenters. The normalized spacial score (nSPS) is 18.1. The standard InChI is InChI=1S/C12H14F2N2O/c1-8(2)9-3-4-10(15-5-9)11(17)16-6-12(13,14)7-16/h3-5,8H,6-7H2,1-2H3. The first-order valence-corrected chi connectivity index (χ1v) is 5.52. The van der Waals surface area contributed by atoms with E-state index >= 15 is 0 Å². The van der Waals surface area contributed by atoms with E-state index < -0.39 is 24.9 Å². The van der Waals surface area contributed by atoms with E-state index in [0.717, 1.165) is 10.5 Å². The van der Waals surface area contributed by atoms with Gasteiger partial charge in [0, 0.05) is 6.20 Å². The first-order valence-electron chi connectivity index (χ1n) is 5.52. The van der Waals surface area contributed by atoms with E-state index in [1.54, 1.807) is 12.3 Å². The molecule has 0 N–H and O–H groups in total. The number of amides is 1. The minimum atomic E-state index is -2.73. The fourth-order valence-electron chi connectivity index (χ4n) is 1.69. The number of carbonyl (C=O) groups is 1. The van der Waals surface area contributed by atoms with Gasteiger partial charge in [0.25, 0.3) is 11.8 Å². The molecule has 17 heavy (non-hydrogen) atoms. The summed E-state index contributed by atoms with van der Waals surface area (Å²) in [5, 5.41) is 0. The van der Waals surface area contributed by atoms with Crippen molar-refractivity contribution in [1.82, 2.24) is 9.88 Å². The molecule has 0 aliphatic carbocycles. The van der Waals surface area contributed by atoms with Gasteiger partial charge in [0.1, 0.15) is 5.69 Å². The number of carbonyl (C=O) groups excluding carboxylic acids is 1. The van der Waals surface area contributed by atoms with Crippen LogP contribution >= 0.6 is 0 Å². The minimum absolute atomic E-state index is 0.227. The molecule has 0 radical (unpaired) electrons. The summed E-state index contributed by atoms with van der Waals surface area (Å²) in [6.07, 6.45) is 1.62. The predicted molar refractivity (Wildman–Crippen MR) is 59.2 cm³/mol. The third-order valence-electron chi connectivity index (χ3n) is 2.80. The van der Waals surface area contributed by atoms with Crippen LogP contribution in [0.1, 0.15) is 35.8 Å². The SMILES string of the molecule is CC(C)c1ccc(C(=O)N2CC(F)(F)C2)nc1. The zero-order chi connectivity index (χ0) is 12.6. The number of alkyl halides is 2. The van der Waals surface area contributed by atoms with Crippen molar-refractivity contribution in [3.63, 3.8) is 0 Å². The summed E-state index contributed by atoms with van der Waals surface area (Å²) in [7, 11) is 0. The summed E-state index contributed by atoms with van der Waals surface area (Å²) in [4.78, 5) is 16.8. The van der Waals surface area contributed by atoms with E-state index in [1.807, 2.05) is 19.9 Å². The Hall–Kier alpha value is -1.52. The second-order valence-corrected chi connectivity index (χ2v) is 4.65. The molecule has 0 unspecified atom stereocenters. The second kappa shape index (κ2) is 4.05. The fraction of sp³-hybridized carbons (Fsp3) is 0.500. The number of pyridine rings is 1. The number of rotatable bonds is 2. The highest BCUT2D eigenvalue weighted by atomic mass is 19.3. The Kier molecular flexibility index (Phi) is 2.85. The molecule has 92 valence electrons. The fourth-order valence-corrected chi connectivity index (χ4v) is 1.69. The molecule has 0 saturated carbocycles. The third-order valence-corrected chi connectivity index (χ3v) is 2.80. The van der Waals surface area contributed by atoms with Gasteiger partial charge in [-0.05, 0) is 17.5 Å². The molecule has 2 heterocycles. The van der Waals surface area contributed by atoms with Gasteiger partial charge in [0.15, 0.2) is 0 Å². The van der Waals surface area contributed by atoms with E-state index in [0.29, 0.717) is 5.92 Å². The Bertz CT molecular complexity index is 421. The van der Waals surface area contributed by atoms with E-state index in [-0.39, 0.29) is 5.69 Å². The summed E-state index contributed by atoms with van der Waals surface area (Å²) in [6.45, 7) is 3.04. The number of nitrogens with zero attached hydrogens (tertiary/aromatic N) is 2. The predicted octanol–water partition coefficient (Wildman–Crippen LogP) is 2.30. The molecule has 1 aliphatic heterocycles. The van der Waals surface area contributed by atoms with E-state index in [2.05, 4.69) is 4.98 Å². The van der Waals surface area contributed by atoms with Crippen LogP contribution in [0.15, 0.2) is 18.3 Å². The van der Waals surface area contributed by atoms with Crippen LogP contribution in [-0.4, -0.2) is 34.8 Å². The average Bonchev–Trinajstić information content (AvgIpc) is 2.25. The quantitative estimate of drug-likeness (QED) is 0.794. The van der Waals surface area contributed by atoms with E-state index in [4.69, 9.17) is 0 Å². The highest BCUT2D eigenvalue weighted by molar-refractivity contribution is 5.93. The van der Waals surface area contributed by atoms with Crippen LogP contribution in [0.4, 0.5) is 8.78 Å². The molecule has 1 saturated heterocycles. The molecule has 3 nitrogen and oxygen atoms in total. The molecule has 1 aromatic heterocycles. The topological polar surface area (TPSA) is 33.2 Å². The molecular weight excluding hydrogens is 226 g/mol. The molecular formula is C12H14F2N2O. The maximum atomic E-state index is 12.6. The summed E-state index contributed by atoms with van der Waals surface area (Å²) in [5.41, 5.74) is 1.25. The largest absolute Gasteiger partial charge is 0.325 e. The zero-order valence-corrected chi connectivity index (χ0v) is 9.78. The number of likely N-dealkylation sites (tertiary alicyclic amines) is 1. The van der Waals surface area contributed by atoms with Gasteiger partial charge in [0.05, 0.1) is 13.1 Å². The minimum Gasteiger partial charge on any atom is -0.325 e.